The van der Waals surface area contributed by atoms with E-state index in [1.54, 1.807) is 6.92 Å². The van der Waals surface area contributed by atoms with Crippen LogP contribution in [0.4, 0.5) is 4.79 Å². The van der Waals surface area contributed by atoms with Gasteiger partial charge in [-0.2, -0.15) is 4.79 Å². The van der Waals surface area contributed by atoms with Crippen LogP contribution in [0, 0.1) is 0 Å². The van der Waals surface area contributed by atoms with Gasteiger partial charge in [0.2, 0.25) is 0 Å². The molecule has 0 fully saturated rings. The Morgan fingerprint density at radius 3 is 2.50 bits per heavy atom. The third kappa shape index (κ3) is 7.95. The van der Waals surface area contributed by atoms with Crippen molar-refractivity contribution in [1.29, 1.82) is 0 Å². The van der Waals surface area contributed by atoms with Crippen molar-refractivity contribution >= 4 is 14.4 Å². The average molecular weight is 218 g/mol. The zero-order valence-corrected chi connectivity index (χ0v) is 9.30. The van der Waals surface area contributed by atoms with Gasteiger partial charge in [-0.1, -0.05) is 0 Å². The van der Waals surface area contributed by atoms with Crippen LogP contribution in [0.1, 0.15) is 6.92 Å². The van der Waals surface area contributed by atoms with Gasteiger partial charge < -0.3 is 5.11 Å². The number of hydrogen-bond acceptors (Lipinski definition) is 4. The molecule has 0 bridgehead atoms. The summed E-state index contributed by atoms with van der Waals surface area (Å²) in [6.45, 7) is 1.75. The minimum absolute atomic E-state index is 0. The summed E-state index contributed by atoms with van der Waals surface area (Å²) in [4.78, 5) is 9.60. The molecule has 0 amide bonds. The fourth-order valence-electron chi connectivity index (χ4n) is 0.196. The molecular weight excluding hydrogens is 212 g/mol. The molecule has 0 aliphatic heterocycles. The van der Waals surface area contributed by atoms with Crippen molar-refractivity contribution in [2.75, 3.05) is 6.61 Å². The normalized spacial score (nSPS) is 9.50. The molecule has 0 aromatic carbocycles. The van der Waals surface area contributed by atoms with Crippen molar-refractivity contribution in [2.24, 2.45) is 0 Å². The van der Waals surface area contributed by atoms with Crippen molar-refractivity contribution in [3.63, 3.8) is 0 Å². The Labute approximate surface area is 71.4 Å². The molecule has 0 saturated heterocycles. The Balaban J connectivity index is 0. The van der Waals surface area contributed by atoms with Crippen LogP contribution in [-0.4, -0.2) is 17.9 Å². The molecule has 0 rings (SSSR count). The van der Waals surface area contributed by atoms with Crippen LogP contribution < -0.4 is 0 Å². The van der Waals surface area contributed by atoms with E-state index in [9.17, 15) is 9.36 Å². The minimum atomic E-state index is -2.47. The second-order valence-electron chi connectivity index (χ2n) is 0.999. The molecule has 1 unspecified atom stereocenters. The maximum absolute atomic E-state index is 10.2. The molecule has 0 heterocycles. The summed E-state index contributed by atoms with van der Waals surface area (Å²) in [6, 6.07) is 0. The zero-order chi connectivity index (χ0) is 7.28. The van der Waals surface area contributed by atoms with Crippen LogP contribution in [-0.2, 0) is 33.1 Å². The molecule has 0 saturated carbocycles. The van der Waals surface area contributed by atoms with Gasteiger partial charge in [0.25, 0.3) is 0 Å². The predicted molar refractivity (Wildman–Crippen MR) is 28.3 cm³/mol. The Hall–Kier alpha value is -0.0466. The number of hydrogen-bond donors (Lipinski definition) is 1. The average Bonchev–Trinajstić information content (AvgIpc) is 1.63. The summed E-state index contributed by atoms with van der Waals surface area (Å²) in [5.74, 6) is 0. The van der Waals surface area contributed by atoms with Crippen LogP contribution in [0.5, 0.6) is 0 Å². The van der Waals surface area contributed by atoms with Crippen molar-refractivity contribution in [1.82, 2.24) is 0 Å². The van der Waals surface area contributed by atoms with Gasteiger partial charge in [-0.25, -0.2) is 0 Å². The molecule has 0 aromatic rings. The molecule has 0 radical (unpaired) electrons. The van der Waals surface area contributed by atoms with Gasteiger partial charge in [0.1, 0.15) is 6.61 Å². The Kier molecular flexibility index (Phi) is 8.91. The third-order valence-corrected chi connectivity index (χ3v) is 1.16. The first-order chi connectivity index (χ1) is 4.16. The molecule has 7 heteroatoms. The molecule has 0 aliphatic rings. The summed E-state index contributed by atoms with van der Waals surface area (Å²) < 4.78 is 18.1. The summed E-state index contributed by atoms with van der Waals surface area (Å²) in [5, 5.41) is 7.82. The van der Waals surface area contributed by atoms with E-state index in [4.69, 9.17) is 5.11 Å². The summed E-state index contributed by atoms with van der Waals surface area (Å²) in [7, 11) is -2.47. The molecule has 54 valence electrons. The van der Waals surface area contributed by atoms with E-state index in [-0.39, 0.29) is 26.1 Å². The molecule has 0 spiro atoms. The Morgan fingerprint density at radius 2 is 2.20 bits per heavy atom. The van der Waals surface area contributed by atoms with E-state index in [2.05, 4.69) is 9.05 Å². The van der Waals surface area contributed by atoms with Gasteiger partial charge in [0.15, 0.2) is 0 Å². The number of carboxylic acid groups (broad SMARTS) is 1. The Morgan fingerprint density at radius 1 is 1.70 bits per heavy atom. The third-order valence-electron chi connectivity index (χ3n) is 0.387. The van der Waals surface area contributed by atoms with Crippen molar-refractivity contribution < 1.29 is 43.0 Å². The number of rotatable bonds is 3. The zero-order valence-electron chi connectivity index (χ0n) is 5.44. The fourth-order valence-corrected chi connectivity index (χ4v) is 0.587. The minimum Gasteiger partial charge on any atom is -0.447 e. The smallest absolute Gasteiger partial charge is 0.447 e. The van der Waals surface area contributed by atoms with Crippen LogP contribution in [0.15, 0.2) is 0 Å². The fraction of sp³-hybridized carbons (Fsp3) is 0.667. The van der Waals surface area contributed by atoms with Crippen LogP contribution >= 0.6 is 8.25 Å². The van der Waals surface area contributed by atoms with Gasteiger partial charge in [0, 0.05) is 24.0 Å². The van der Waals surface area contributed by atoms with E-state index >= 15 is 0 Å². The van der Waals surface area contributed by atoms with E-state index in [1.165, 1.54) is 0 Å². The second kappa shape index (κ2) is 7.07. The molecule has 10 heavy (non-hydrogen) atoms. The quantitative estimate of drug-likeness (QED) is 0.572. The standard InChI is InChI=1S/C3H5O5P.Zn/c1-2-7-9(6)8-3(4)5;/h2H2,1H3;/p+1. The maximum Gasteiger partial charge on any atom is 0.756 e. The first kappa shape index (κ1) is 12.6. The predicted octanol–water partition coefficient (Wildman–Crippen LogP) is 1.37. The van der Waals surface area contributed by atoms with Gasteiger partial charge >= 0.3 is 14.4 Å². The molecule has 0 aromatic heterocycles. The van der Waals surface area contributed by atoms with Crippen molar-refractivity contribution in [2.45, 2.75) is 6.92 Å². The first-order valence-electron chi connectivity index (χ1n) is 2.18. The largest absolute Gasteiger partial charge is 0.756 e. The monoisotopic (exact) mass is 217 g/mol. The summed E-state index contributed by atoms with van der Waals surface area (Å²) >= 11 is 0. The second-order valence-corrected chi connectivity index (χ2v) is 1.89. The van der Waals surface area contributed by atoms with Crippen LogP contribution in [0.3, 0.4) is 0 Å². The molecule has 1 N–H and O–H groups in total. The topological polar surface area (TPSA) is 72.8 Å². The van der Waals surface area contributed by atoms with Crippen molar-refractivity contribution in [3.05, 3.63) is 0 Å². The van der Waals surface area contributed by atoms with Crippen molar-refractivity contribution in [3.8, 4) is 0 Å². The Bertz CT molecular complexity index is 126. The molecule has 0 aliphatic carbocycles. The number of carbonyl (C=O) groups is 1. The SMILES string of the molecule is CCO[P+](=O)OC(=O)O.[Zn]. The first-order valence-corrected chi connectivity index (χ1v) is 3.27. The molecule has 5 nitrogen and oxygen atoms in total. The van der Waals surface area contributed by atoms with E-state index < -0.39 is 14.4 Å². The molecule has 1 atom stereocenters. The summed E-state index contributed by atoms with van der Waals surface area (Å²) in [5.41, 5.74) is 0. The summed E-state index contributed by atoms with van der Waals surface area (Å²) in [6.07, 6.45) is -1.59. The van der Waals surface area contributed by atoms with Crippen LogP contribution in [0.25, 0.3) is 0 Å². The van der Waals surface area contributed by atoms with Crippen LogP contribution in [0.2, 0.25) is 0 Å². The van der Waals surface area contributed by atoms with Gasteiger partial charge in [-0.15, -0.1) is 9.05 Å². The van der Waals surface area contributed by atoms with Gasteiger partial charge in [-0.05, 0) is 6.92 Å². The molecular formula is C3H6O5PZn+. The van der Waals surface area contributed by atoms with Gasteiger partial charge in [0.05, 0.1) is 0 Å². The maximum atomic E-state index is 10.2. The van der Waals surface area contributed by atoms with E-state index in [0.717, 1.165) is 0 Å². The van der Waals surface area contributed by atoms with Gasteiger partial charge in [-0.3, -0.25) is 0 Å². The van der Waals surface area contributed by atoms with E-state index in [1.807, 2.05) is 0 Å². The van der Waals surface area contributed by atoms with E-state index in [0.29, 0.717) is 0 Å².